The van der Waals surface area contributed by atoms with Crippen molar-refractivity contribution in [1.29, 1.82) is 0 Å². The van der Waals surface area contributed by atoms with Gasteiger partial charge in [0.1, 0.15) is 5.76 Å². The fourth-order valence-electron chi connectivity index (χ4n) is 1.60. The molecule has 0 saturated carbocycles. The molecule has 80 valence electrons. The van der Waals surface area contributed by atoms with E-state index in [4.69, 9.17) is 0 Å². The molecule has 1 heteroatoms. The fourth-order valence-corrected chi connectivity index (χ4v) is 1.60. The topological polar surface area (TPSA) is 20.2 Å². The van der Waals surface area contributed by atoms with Gasteiger partial charge in [0.2, 0.25) is 0 Å². The fraction of sp³-hybridized carbons (Fsp3) is 0.0667. The van der Waals surface area contributed by atoms with E-state index in [1.165, 1.54) is 11.1 Å². The van der Waals surface area contributed by atoms with Crippen LogP contribution in [0.2, 0.25) is 0 Å². The largest absolute Gasteiger partial charge is 0.508 e. The van der Waals surface area contributed by atoms with Gasteiger partial charge >= 0.3 is 0 Å². The zero-order valence-corrected chi connectivity index (χ0v) is 9.27. The van der Waals surface area contributed by atoms with Crippen molar-refractivity contribution >= 4 is 5.76 Å². The van der Waals surface area contributed by atoms with E-state index < -0.39 is 0 Å². The molecule has 0 aliphatic rings. The molecule has 0 aliphatic heterocycles. The van der Waals surface area contributed by atoms with E-state index >= 15 is 0 Å². The van der Waals surface area contributed by atoms with Gasteiger partial charge < -0.3 is 5.11 Å². The van der Waals surface area contributed by atoms with Gasteiger partial charge in [0, 0.05) is 5.56 Å². The van der Waals surface area contributed by atoms with Crippen molar-refractivity contribution in [2.24, 2.45) is 0 Å². The lowest BCUT2D eigenvalue weighted by molar-refractivity contribution is 0.514. The molecular formula is C15H14O. The number of aryl methyl sites for hydroxylation is 1. The van der Waals surface area contributed by atoms with Crippen molar-refractivity contribution in [2.45, 2.75) is 6.92 Å². The van der Waals surface area contributed by atoms with E-state index in [0.717, 1.165) is 11.1 Å². The summed E-state index contributed by atoms with van der Waals surface area (Å²) in [4.78, 5) is 0. The Morgan fingerprint density at radius 2 is 1.31 bits per heavy atom. The van der Waals surface area contributed by atoms with Crippen LogP contribution in [-0.4, -0.2) is 5.11 Å². The molecule has 2 aromatic carbocycles. The summed E-state index contributed by atoms with van der Waals surface area (Å²) in [5, 5.41) is 9.23. The smallest absolute Gasteiger partial charge is 0.115 e. The highest BCUT2D eigenvalue weighted by Gasteiger charge is 1.99. The SMILES string of the molecule is C=C(O)c1ccc(-c2ccc(C)cc2)cc1. The number of benzene rings is 2. The van der Waals surface area contributed by atoms with E-state index in [2.05, 4.69) is 37.8 Å². The molecule has 1 nitrogen and oxygen atoms in total. The maximum atomic E-state index is 9.23. The summed E-state index contributed by atoms with van der Waals surface area (Å²) in [6.45, 7) is 5.57. The molecule has 0 aromatic heterocycles. The molecule has 1 N–H and O–H groups in total. The number of aliphatic hydroxyl groups is 1. The Morgan fingerprint density at radius 1 is 0.875 bits per heavy atom. The molecule has 0 aliphatic carbocycles. The predicted molar refractivity (Wildman–Crippen MR) is 68.3 cm³/mol. The standard InChI is InChI=1S/C15H14O/c1-11-3-5-14(6-4-11)15-9-7-13(8-10-15)12(2)16/h3-10,16H,2H2,1H3. The normalized spacial score (nSPS) is 10.1. The summed E-state index contributed by atoms with van der Waals surface area (Å²) in [7, 11) is 0. The van der Waals surface area contributed by atoms with Gasteiger partial charge in [-0.15, -0.1) is 0 Å². The van der Waals surface area contributed by atoms with Gasteiger partial charge in [-0.05, 0) is 18.1 Å². The van der Waals surface area contributed by atoms with Crippen molar-refractivity contribution in [1.82, 2.24) is 0 Å². The molecule has 0 heterocycles. The van der Waals surface area contributed by atoms with Gasteiger partial charge in [0.25, 0.3) is 0 Å². The molecule has 2 aromatic rings. The minimum atomic E-state index is 0.107. The maximum Gasteiger partial charge on any atom is 0.115 e. The first-order chi connectivity index (χ1) is 7.66. The van der Waals surface area contributed by atoms with E-state index in [1.54, 1.807) is 0 Å². The lowest BCUT2D eigenvalue weighted by Crippen LogP contribution is -1.82. The summed E-state index contributed by atoms with van der Waals surface area (Å²) in [6, 6.07) is 16.1. The third kappa shape index (κ3) is 2.14. The highest BCUT2D eigenvalue weighted by Crippen LogP contribution is 2.21. The van der Waals surface area contributed by atoms with Crippen LogP contribution in [0, 0.1) is 6.92 Å². The summed E-state index contributed by atoms with van der Waals surface area (Å²) in [6.07, 6.45) is 0. The van der Waals surface area contributed by atoms with Crippen LogP contribution in [0.3, 0.4) is 0 Å². The quantitative estimate of drug-likeness (QED) is 0.737. The van der Waals surface area contributed by atoms with Crippen molar-refractivity contribution in [3.05, 3.63) is 66.2 Å². The average molecular weight is 210 g/mol. The second-order valence-electron chi connectivity index (χ2n) is 3.89. The van der Waals surface area contributed by atoms with E-state index in [9.17, 15) is 5.11 Å². The van der Waals surface area contributed by atoms with Crippen molar-refractivity contribution < 1.29 is 5.11 Å². The highest BCUT2D eigenvalue weighted by molar-refractivity contribution is 5.67. The minimum Gasteiger partial charge on any atom is -0.508 e. The zero-order chi connectivity index (χ0) is 11.5. The monoisotopic (exact) mass is 210 g/mol. The van der Waals surface area contributed by atoms with Crippen LogP contribution in [-0.2, 0) is 0 Å². The van der Waals surface area contributed by atoms with Crippen molar-refractivity contribution in [3.8, 4) is 11.1 Å². The number of aliphatic hydroxyl groups excluding tert-OH is 1. The second-order valence-corrected chi connectivity index (χ2v) is 3.89. The molecule has 0 amide bonds. The summed E-state index contributed by atoms with van der Waals surface area (Å²) in [5.41, 5.74) is 4.34. The summed E-state index contributed by atoms with van der Waals surface area (Å²) in [5.74, 6) is 0.107. The third-order valence-electron chi connectivity index (χ3n) is 2.60. The molecule has 0 saturated heterocycles. The van der Waals surface area contributed by atoms with Crippen LogP contribution >= 0.6 is 0 Å². The van der Waals surface area contributed by atoms with Crippen LogP contribution in [0.5, 0.6) is 0 Å². The highest BCUT2D eigenvalue weighted by atomic mass is 16.3. The van der Waals surface area contributed by atoms with E-state index in [1.807, 2.05) is 24.3 Å². The first kappa shape index (κ1) is 10.5. The number of rotatable bonds is 2. The molecule has 16 heavy (non-hydrogen) atoms. The van der Waals surface area contributed by atoms with Gasteiger partial charge in [-0.1, -0.05) is 60.7 Å². The lowest BCUT2D eigenvalue weighted by Gasteiger charge is -2.04. The van der Waals surface area contributed by atoms with E-state index in [0.29, 0.717) is 0 Å². The molecule has 2 rings (SSSR count). The Hall–Kier alpha value is -2.02. The first-order valence-corrected chi connectivity index (χ1v) is 5.22. The Morgan fingerprint density at radius 3 is 1.75 bits per heavy atom. The van der Waals surface area contributed by atoms with Gasteiger partial charge in [-0.25, -0.2) is 0 Å². The van der Waals surface area contributed by atoms with Gasteiger partial charge in [-0.3, -0.25) is 0 Å². The Labute approximate surface area is 95.7 Å². The average Bonchev–Trinajstić information content (AvgIpc) is 2.30. The summed E-state index contributed by atoms with van der Waals surface area (Å²) >= 11 is 0. The molecule has 0 spiro atoms. The third-order valence-corrected chi connectivity index (χ3v) is 2.60. The molecule has 0 fully saturated rings. The van der Waals surface area contributed by atoms with Crippen molar-refractivity contribution in [3.63, 3.8) is 0 Å². The van der Waals surface area contributed by atoms with Crippen LogP contribution < -0.4 is 0 Å². The molecule has 0 bridgehead atoms. The Balaban J connectivity index is 2.34. The van der Waals surface area contributed by atoms with Gasteiger partial charge in [-0.2, -0.15) is 0 Å². The second kappa shape index (κ2) is 4.23. The van der Waals surface area contributed by atoms with Gasteiger partial charge in [0.05, 0.1) is 0 Å². The maximum absolute atomic E-state index is 9.23. The van der Waals surface area contributed by atoms with Crippen LogP contribution in [0.25, 0.3) is 16.9 Å². The number of hydrogen-bond acceptors (Lipinski definition) is 1. The van der Waals surface area contributed by atoms with Crippen LogP contribution in [0.4, 0.5) is 0 Å². The molecule has 0 atom stereocenters. The first-order valence-electron chi connectivity index (χ1n) is 5.22. The van der Waals surface area contributed by atoms with Crippen molar-refractivity contribution in [2.75, 3.05) is 0 Å². The molecule has 0 radical (unpaired) electrons. The van der Waals surface area contributed by atoms with Gasteiger partial charge in [0.15, 0.2) is 0 Å². The lowest BCUT2D eigenvalue weighted by atomic mass is 10.0. The van der Waals surface area contributed by atoms with E-state index in [-0.39, 0.29) is 5.76 Å². The Bertz CT molecular complexity index is 492. The molecular weight excluding hydrogens is 196 g/mol. The predicted octanol–water partition coefficient (Wildman–Crippen LogP) is 4.19. The minimum absolute atomic E-state index is 0.107. The Kier molecular flexibility index (Phi) is 2.78. The molecule has 0 unspecified atom stereocenters. The summed E-state index contributed by atoms with van der Waals surface area (Å²) < 4.78 is 0. The zero-order valence-electron chi connectivity index (χ0n) is 9.27. The number of hydrogen-bond donors (Lipinski definition) is 1. The van der Waals surface area contributed by atoms with Crippen LogP contribution in [0.1, 0.15) is 11.1 Å². The van der Waals surface area contributed by atoms with Crippen LogP contribution in [0.15, 0.2) is 55.1 Å².